The van der Waals surface area contributed by atoms with Gasteiger partial charge in [-0.15, -0.1) is 0 Å². The van der Waals surface area contributed by atoms with Gasteiger partial charge in [0, 0.05) is 18.1 Å². The van der Waals surface area contributed by atoms with Crippen LogP contribution in [-0.2, 0) is 21.4 Å². The van der Waals surface area contributed by atoms with Crippen molar-refractivity contribution in [3.05, 3.63) is 71.6 Å². The summed E-state index contributed by atoms with van der Waals surface area (Å²) in [5.74, 6) is 0.481. The van der Waals surface area contributed by atoms with Crippen molar-refractivity contribution in [1.29, 1.82) is 0 Å². The van der Waals surface area contributed by atoms with Crippen molar-refractivity contribution < 1.29 is 22.4 Å². The zero-order chi connectivity index (χ0) is 25.3. The van der Waals surface area contributed by atoms with Gasteiger partial charge in [0.25, 0.3) is 0 Å². The number of fused-ring (bicyclic) bond motifs is 1. The fourth-order valence-electron chi connectivity index (χ4n) is 4.28. The Hall–Kier alpha value is -2.92. The number of carbonyl (C=O) groups excluding carboxylic acids is 1. The number of benzene rings is 2. The number of thiazole rings is 1. The predicted molar refractivity (Wildman–Crippen MR) is 139 cm³/mol. The number of carbonyl (C=O) groups is 1. The molecule has 5 rings (SSSR count). The summed E-state index contributed by atoms with van der Waals surface area (Å²) in [4.78, 5) is 20.3. The van der Waals surface area contributed by atoms with Gasteiger partial charge in [-0.1, -0.05) is 22.9 Å². The number of sulfonamides is 1. The number of hydrogen-bond donors (Lipinski definition) is 0. The first-order valence-corrected chi connectivity index (χ1v) is 14.0. The number of hydrogen-bond acceptors (Lipinski definition) is 7. The van der Waals surface area contributed by atoms with Crippen LogP contribution in [-0.4, -0.2) is 43.8 Å². The van der Waals surface area contributed by atoms with E-state index >= 15 is 0 Å². The number of aromatic nitrogens is 1. The molecule has 1 aliphatic heterocycles. The topological polar surface area (TPSA) is 93.0 Å². The highest BCUT2D eigenvalue weighted by Gasteiger charge is 2.36. The molecule has 0 radical (unpaired) electrons. The fraction of sp³-hybridized carbons (Fsp3) is 0.280. The molecule has 1 aliphatic rings. The van der Waals surface area contributed by atoms with E-state index in [1.165, 1.54) is 34.9 Å². The molecule has 8 nitrogen and oxygen atoms in total. The van der Waals surface area contributed by atoms with Gasteiger partial charge in [0.05, 0.1) is 40.9 Å². The van der Waals surface area contributed by atoms with E-state index in [1.807, 2.05) is 12.1 Å². The summed E-state index contributed by atoms with van der Waals surface area (Å²) < 4.78 is 39.6. The second kappa shape index (κ2) is 10.2. The molecular formula is C25H24ClN3O5S2. The Morgan fingerprint density at radius 1 is 1.25 bits per heavy atom. The van der Waals surface area contributed by atoms with Crippen molar-refractivity contribution >= 4 is 54.2 Å². The summed E-state index contributed by atoms with van der Waals surface area (Å²) in [5, 5.41) is 1.11. The van der Waals surface area contributed by atoms with Crippen LogP contribution in [0, 0.1) is 5.92 Å². The van der Waals surface area contributed by atoms with E-state index in [1.54, 1.807) is 41.5 Å². The van der Waals surface area contributed by atoms with E-state index in [0.717, 1.165) is 10.2 Å². The summed E-state index contributed by atoms with van der Waals surface area (Å²) >= 11 is 7.51. The Kier molecular flexibility index (Phi) is 7.03. The molecule has 2 aromatic carbocycles. The summed E-state index contributed by atoms with van der Waals surface area (Å²) in [6.07, 6.45) is 2.72. The van der Waals surface area contributed by atoms with Gasteiger partial charge in [-0.05, 0) is 67.4 Å². The van der Waals surface area contributed by atoms with Crippen LogP contribution in [0.25, 0.3) is 10.2 Å². The number of piperidine rings is 1. The first-order chi connectivity index (χ1) is 17.3. The normalized spacial score (nSPS) is 16.8. The zero-order valence-electron chi connectivity index (χ0n) is 19.5. The lowest BCUT2D eigenvalue weighted by Crippen LogP contribution is -2.46. The van der Waals surface area contributed by atoms with E-state index in [9.17, 15) is 13.2 Å². The van der Waals surface area contributed by atoms with Crippen LogP contribution in [0.3, 0.4) is 0 Å². The minimum absolute atomic E-state index is 0.0958. The monoisotopic (exact) mass is 545 g/mol. The summed E-state index contributed by atoms with van der Waals surface area (Å²) in [6, 6.07) is 15.2. The molecular weight excluding hydrogens is 522 g/mol. The number of furan rings is 1. The van der Waals surface area contributed by atoms with Crippen molar-refractivity contribution in [2.75, 3.05) is 25.1 Å². The van der Waals surface area contributed by atoms with Gasteiger partial charge in [-0.2, -0.15) is 4.31 Å². The lowest BCUT2D eigenvalue weighted by atomic mass is 9.98. The molecule has 0 spiro atoms. The Morgan fingerprint density at radius 3 is 2.78 bits per heavy atom. The van der Waals surface area contributed by atoms with Crippen LogP contribution in [0.15, 0.2) is 70.2 Å². The highest BCUT2D eigenvalue weighted by Crippen LogP contribution is 2.34. The van der Waals surface area contributed by atoms with Crippen molar-refractivity contribution in [2.24, 2.45) is 5.92 Å². The van der Waals surface area contributed by atoms with Crippen LogP contribution < -0.4 is 9.64 Å². The van der Waals surface area contributed by atoms with Crippen molar-refractivity contribution in [3.8, 4) is 5.75 Å². The Labute approximate surface area is 218 Å². The Morgan fingerprint density at radius 2 is 2.06 bits per heavy atom. The highest BCUT2D eigenvalue weighted by atomic mass is 35.5. The smallest absolute Gasteiger partial charge is 0.243 e. The van der Waals surface area contributed by atoms with Crippen LogP contribution in [0.4, 0.5) is 5.13 Å². The van der Waals surface area contributed by atoms with Gasteiger partial charge in [0.1, 0.15) is 11.5 Å². The van der Waals surface area contributed by atoms with E-state index in [-0.39, 0.29) is 23.9 Å². The molecule has 1 atom stereocenters. The molecule has 188 valence electrons. The van der Waals surface area contributed by atoms with E-state index in [4.69, 9.17) is 20.8 Å². The Balaban J connectivity index is 1.42. The number of rotatable bonds is 7. The lowest BCUT2D eigenvalue weighted by Gasteiger charge is -2.33. The van der Waals surface area contributed by atoms with E-state index in [2.05, 4.69) is 4.98 Å². The minimum Gasteiger partial charge on any atom is -0.497 e. The third-order valence-electron chi connectivity index (χ3n) is 6.16. The maximum absolute atomic E-state index is 13.8. The van der Waals surface area contributed by atoms with Gasteiger partial charge in [-0.25, -0.2) is 13.4 Å². The van der Waals surface area contributed by atoms with Gasteiger partial charge >= 0.3 is 0 Å². The second-order valence-electron chi connectivity index (χ2n) is 8.49. The number of halogens is 1. The molecule has 0 N–H and O–H groups in total. The quantitative estimate of drug-likeness (QED) is 0.317. The molecule has 3 heterocycles. The van der Waals surface area contributed by atoms with Gasteiger partial charge in [-0.3, -0.25) is 9.69 Å². The van der Waals surface area contributed by atoms with Crippen LogP contribution >= 0.6 is 22.9 Å². The van der Waals surface area contributed by atoms with Crippen molar-refractivity contribution in [1.82, 2.24) is 9.29 Å². The average Bonchev–Trinajstić information content (AvgIpc) is 3.56. The molecule has 4 aromatic rings. The van der Waals surface area contributed by atoms with Gasteiger partial charge in [0.15, 0.2) is 5.13 Å². The molecule has 2 aromatic heterocycles. The molecule has 11 heteroatoms. The Bertz CT molecular complexity index is 1470. The summed E-state index contributed by atoms with van der Waals surface area (Å²) in [6.45, 7) is 0.648. The SMILES string of the molecule is COc1ccc(S(=O)(=O)N2CCCC(C(=O)N(Cc3ccco3)c3nc4ccc(Cl)cc4s3)C2)cc1. The van der Waals surface area contributed by atoms with Gasteiger partial charge in [0.2, 0.25) is 15.9 Å². The van der Waals surface area contributed by atoms with E-state index < -0.39 is 15.9 Å². The molecule has 36 heavy (non-hydrogen) atoms. The summed E-state index contributed by atoms with van der Waals surface area (Å²) in [7, 11) is -2.23. The molecule has 1 amide bonds. The molecule has 0 saturated carbocycles. The third-order valence-corrected chi connectivity index (χ3v) is 9.32. The molecule has 1 saturated heterocycles. The maximum atomic E-state index is 13.8. The fourth-order valence-corrected chi connectivity index (χ4v) is 7.05. The van der Waals surface area contributed by atoms with E-state index in [0.29, 0.717) is 41.1 Å². The number of amides is 1. The number of anilines is 1. The minimum atomic E-state index is -3.76. The average molecular weight is 546 g/mol. The molecule has 0 aliphatic carbocycles. The van der Waals surface area contributed by atoms with Crippen LogP contribution in [0.2, 0.25) is 5.02 Å². The zero-order valence-corrected chi connectivity index (χ0v) is 21.9. The first-order valence-electron chi connectivity index (χ1n) is 11.4. The second-order valence-corrected chi connectivity index (χ2v) is 11.9. The van der Waals surface area contributed by atoms with Gasteiger partial charge < -0.3 is 9.15 Å². The van der Waals surface area contributed by atoms with Crippen LogP contribution in [0.5, 0.6) is 5.75 Å². The third kappa shape index (κ3) is 4.99. The largest absolute Gasteiger partial charge is 0.497 e. The standard InChI is InChI=1S/C25H24ClN3O5S2/c1-33-19-7-9-21(10-8-19)36(31,32)28-12-2-4-17(15-28)24(30)29(16-20-5-3-13-34-20)25-27-22-11-6-18(26)14-23(22)35-25/h3,5-11,13-14,17H,2,4,12,15-16H2,1H3. The van der Waals surface area contributed by atoms with Crippen molar-refractivity contribution in [3.63, 3.8) is 0 Å². The number of ether oxygens (including phenoxy) is 1. The number of nitrogens with zero attached hydrogens (tertiary/aromatic N) is 3. The predicted octanol–water partition coefficient (Wildman–Crippen LogP) is 5.19. The molecule has 1 unspecified atom stereocenters. The van der Waals surface area contributed by atoms with Crippen molar-refractivity contribution in [2.45, 2.75) is 24.3 Å². The highest BCUT2D eigenvalue weighted by molar-refractivity contribution is 7.89. The molecule has 0 bridgehead atoms. The van der Waals surface area contributed by atoms with Crippen LogP contribution in [0.1, 0.15) is 18.6 Å². The number of methoxy groups -OCH3 is 1. The summed E-state index contributed by atoms with van der Waals surface area (Å²) in [5.41, 5.74) is 0.740. The first kappa shape index (κ1) is 24.8. The molecule has 1 fully saturated rings. The lowest BCUT2D eigenvalue weighted by molar-refractivity contribution is -0.123. The maximum Gasteiger partial charge on any atom is 0.243 e.